The van der Waals surface area contributed by atoms with Crippen LogP contribution in [0.5, 0.6) is 17.2 Å². The lowest BCUT2D eigenvalue weighted by molar-refractivity contribution is -1.09. The first kappa shape index (κ1) is 24.8. The SMILES string of the molecule is CCCC[N+](CCCC)(CCCC)OC(=O)/C=C/c1cc(OC)c(O)c([O+]C)c1. The van der Waals surface area contributed by atoms with Crippen LogP contribution in [0.2, 0.25) is 0 Å². The van der Waals surface area contributed by atoms with Crippen LogP contribution in [-0.4, -0.2) is 49.6 Å². The molecule has 0 saturated heterocycles. The first-order valence-corrected chi connectivity index (χ1v) is 10.7. The smallest absolute Gasteiger partial charge is 0.390 e. The maximum absolute atomic E-state index is 12.7. The number of rotatable bonds is 14. The Bertz CT molecular complexity index is 610. The van der Waals surface area contributed by atoms with Crippen molar-refractivity contribution >= 4 is 12.0 Å². The van der Waals surface area contributed by atoms with Crippen molar-refractivity contribution in [3.05, 3.63) is 23.8 Å². The number of hydrogen-bond donors (Lipinski definition) is 1. The molecule has 0 saturated carbocycles. The lowest BCUT2D eigenvalue weighted by Gasteiger charge is -2.34. The number of methoxy groups -OCH3 is 2. The van der Waals surface area contributed by atoms with Gasteiger partial charge in [-0.3, -0.25) is 9.57 Å². The number of phenolic OH excluding ortho intramolecular Hbond substituents is 1. The van der Waals surface area contributed by atoms with Crippen LogP contribution < -0.4 is 9.47 Å². The highest BCUT2D eigenvalue weighted by Gasteiger charge is 2.31. The van der Waals surface area contributed by atoms with Crippen LogP contribution >= 0.6 is 0 Å². The van der Waals surface area contributed by atoms with Crippen molar-refractivity contribution in [1.29, 1.82) is 0 Å². The van der Waals surface area contributed by atoms with Crippen LogP contribution in [0.25, 0.3) is 6.08 Å². The van der Waals surface area contributed by atoms with Crippen molar-refractivity contribution in [2.45, 2.75) is 59.3 Å². The highest BCUT2D eigenvalue weighted by Crippen LogP contribution is 2.37. The fraction of sp³-hybridized carbons (Fsp3) is 0.609. The summed E-state index contributed by atoms with van der Waals surface area (Å²) in [5, 5.41) is 10.0. The van der Waals surface area contributed by atoms with Gasteiger partial charge in [-0.15, -0.1) is 4.65 Å². The highest BCUT2D eigenvalue weighted by atomic mass is 16.7. The number of carbonyl (C=O) groups is 1. The van der Waals surface area contributed by atoms with Gasteiger partial charge in [-0.1, -0.05) is 40.0 Å². The fourth-order valence-corrected chi connectivity index (χ4v) is 3.21. The molecule has 0 aliphatic heterocycles. The molecule has 0 aliphatic carbocycles. The highest BCUT2D eigenvalue weighted by molar-refractivity contribution is 5.87. The molecule has 0 atom stereocenters. The molecule has 0 amide bonds. The first-order chi connectivity index (χ1) is 13.9. The summed E-state index contributed by atoms with van der Waals surface area (Å²) in [5.74, 6) is 0.149. The Balaban J connectivity index is 3.00. The van der Waals surface area contributed by atoms with E-state index in [4.69, 9.17) is 14.3 Å². The third-order valence-corrected chi connectivity index (χ3v) is 4.96. The van der Waals surface area contributed by atoms with Crippen LogP contribution in [0.3, 0.4) is 0 Å². The number of hydrogen-bond acceptors (Lipinski definition) is 5. The number of aromatic hydroxyl groups is 1. The number of hydroxylamine groups is 3. The molecule has 1 radical (unpaired) electrons. The Morgan fingerprint density at radius 1 is 1.07 bits per heavy atom. The van der Waals surface area contributed by atoms with Crippen LogP contribution in [0, 0.1) is 0 Å². The Kier molecular flexibility index (Phi) is 11.2. The minimum Gasteiger partial charge on any atom is -0.498 e. The van der Waals surface area contributed by atoms with E-state index in [1.165, 1.54) is 20.3 Å². The van der Waals surface area contributed by atoms with Crippen molar-refractivity contribution in [2.24, 2.45) is 0 Å². The molecular weight excluding hydrogens is 370 g/mol. The average molecular weight is 409 g/mol. The van der Waals surface area contributed by atoms with Crippen molar-refractivity contribution < 1.29 is 28.9 Å². The summed E-state index contributed by atoms with van der Waals surface area (Å²) < 4.78 is 10.7. The Morgan fingerprint density at radius 2 is 1.62 bits per heavy atom. The third-order valence-electron chi connectivity index (χ3n) is 4.96. The summed E-state index contributed by atoms with van der Waals surface area (Å²) in [7, 11) is 2.94. The molecule has 0 heterocycles. The van der Waals surface area contributed by atoms with Crippen molar-refractivity contribution in [2.75, 3.05) is 33.9 Å². The number of nitrogens with zero attached hydrogens (tertiary/aromatic N) is 1. The van der Waals surface area contributed by atoms with E-state index in [1.54, 1.807) is 18.2 Å². The van der Waals surface area contributed by atoms with Gasteiger partial charge in [0.2, 0.25) is 0 Å². The number of carbonyl (C=O) groups excluding carboxylic acids is 1. The predicted octanol–water partition coefficient (Wildman–Crippen LogP) is 5.10. The molecule has 0 fully saturated rings. The van der Waals surface area contributed by atoms with Crippen molar-refractivity contribution in [3.63, 3.8) is 0 Å². The normalized spacial score (nSPS) is 11.6. The molecule has 6 nitrogen and oxygen atoms in total. The van der Waals surface area contributed by atoms with Gasteiger partial charge in [0, 0.05) is 6.08 Å². The molecule has 0 bridgehead atoms. The summed E-state index contributed by atoms with van der Waals surface area (Å²) >= 11 is 0. The summed E-state index contributed by atoms with van der Waals surface area (Å²) in [4.78, 5) is 18.7. The van der Waals surface area contributed by atoms with Crippen LogP contribution in [0.1, 0.15) is 64.9 Å². The van der Waals surface area contributed by atoms with E-state index >= 15 is 0 Å². The van der Waals surface area contributed by atoms with Gasteiger partial charge in [0.25, 0.3) is 12.9 Å². The zero-order valence-corrected chi connectivity index (χ0v) is 18.7. The molecule has 1 aromatic carbocycles. The summed E-state index contributed by atoms with van der Waals surface area (Å²) in [6.45, 7) is 9.00. The monoisotopic (exact) mass is 408 g/mol. The summed E-state index contributed by atoms with van der Waals surface area (Å²) in [5.41, 5.74) is 0.683. The topological polar surface area (TPSA) is 67.1 Å². The number of phenols is 1. The summed E-state index contributed by atoms with van der Waals surface area (Å²) in [6.07, 6.45) is 9.36. The van der Waals surface area contributed by atoms with Gasteiger partial charge in [-0.25, -0.2) is 4.79 Å². The lowest BCUT2D eigenvalue weighted by atomic mass is 10.1. The van der Waals surface area contributed by atoms with E-state index in [-0.39, 0.29) is 23.2 Å². The Hall–Kier alpha value is -2.21. The Labute approximate surface area is 175 Å². The second-order valence-corrected chi connectivity index (χ2v) is 7.31. The lowest BCUT2D eigenvalue weighted by Crippen LogP contribution is -2.51. The minimum atomic E-state index is -0.362. The predicted molar refractivity (Wildman–Crippen MR) is 116 cm³/mol. The van der Waals surface area contributed by atoms with Gasteiger partial charge in [0.1, 0.15) is 19.6 Å². The quantitative estimate of drug-likeness (QED) is 0.201. The molecule has 0 aromatic heterocycles. The number of unbranched alkanes of at least 4 members (excludes halogenated alkanes) is 3. The van der Waals surface area contributed by atoms with E-state index in [0.717, 1.165) is 58.2 Å². The standard InChI is InChI=1S/C23H37NO5/c1-6-9-14-24(15-10-7-2,16-11-8-3)29-22(25)13-12-19-17-20(27-4)23(26)21(18-19)28-5/h12-13,17-18H,6-11,14-16H2,1-5H3/q+1/p+1. The largest absolute Gasteiger partial charge is 0.498 e. The average Bonchev–Trinajstić information content (AvgIpc) is 2.73. The minimum absolute atomic E-state index is 0.0656. The second kappa shape index (κ2) is 13.1. The van der Waals surface area contributed by atoms with Gasteiger partial charge in [0.15, 0.2) is 5.75 Å². The van der Waals surface area contributed by atoms with E-state index in [0.29, 0.717) is 10.2 Å². The van der Waals surface area contributed by atoms with Crippen LogP contribution in [-0.2, 0) is 9.63 Å². The molecule has 29 heavy (non-hydrogen) atoms. The van der Waals surface area contributed by atoms with Crippen molar-refractivity contribution in [1.82, 2.24) is 0 Å². The van der Waals surface area contributed by atoms with Gasteiger partial charge in [-0.2, -0.15) is 0 Å². The fourth-order valence-electron chi connectivity index (χ4n) is 3.21. The van der Waals surface area contributed by atoms with E-state index < -0.39 is 0 Å². The molecule has 163 valence electrons. The van der Waals surface area contributed by atoms with Gasteiger partial charge in [0.05, 0.1) is 13.2 Å². The third kappa shape index (κ3) is 7.97. The second-order valence-electron chi connectivity index (χ2n) is 7.31. The van der Waals surface area contributed by atoms with Crippen LogP contribution in [0.15, 0.2) is 18.2 Å². The molecule has 0 unspecified atom stereocenters. The van der Waals surface area contributed by atoms with E-state index in [2.05, 4.69) is 20.8 Å². The van der Waals surface area contributed by atoms with Crippen LogP contribution in [0.4, 0.5) is 0 Å². The molecule has 1 aromatic rings. The number of ether oxygens (including phenoxy) is 2. The molecule has 1 rings (SSSR count). The first-order valence-electron chi connectivity index (χ1n) is 10.7. The molecule has 6 heteroatoms. The zero-order chi connectivity index (χ0) is 21.7. The van der Waals surface area contributed by atoms with Crippen molar-refractivity contribution in [3.8, 4) is 17.2 Å². The molecule has 0 spiro atoms. The number of quaternary nitrogens is 1. The van der Waals surface area contributed by atoms with E-state index in [9.17, 15) is 9.90 Å². The Morgan fingerprint density at radius 3 is 2.07 bits per heavy atom. The number of benzene rings is 1. The molecule has 0 aliphatic rings. The molecular formula is C23H38NO5+2. The van der Waals surface area contributed by atoms with Gasteiger partial charge < -0.3 is 9.84 Å². The van der Waals surface area contributed by atoms with E-state index in [1.807, 2.05) is 0 Å². The summed E-state index contributed by atoms with van der Waals surface area (Å²) in [6, 6.07) is 3.30. The van der Waals surface area contributed by atoms with Gasteiger partial charge >= 0.3 is 11.7 Å². The van der Waals surface area contributed by atoms with Gasteiger partial charge in [-0.05, 0) is 37.0 Å². The maximum Gasteiger partial charge on any atom is 0.390 e. The zero-order valence-electron chi connectivity index (χ0n) is 18.7. The molecule has 1 N–H and O–H groups in total. The maximum atomic E-state index is 12.7.